The van der Waals surface area contributed by atoms with Gasteiger partial charge in [-0.2, -0.15) is 10.2 Å². The second kappa shape index (κ2) is 15.3. The van der Waals surface area contributed by atoms with Crippen LogP contribution in [0.2, 0.25) is 0 Å². The molecule has 1 saturated heterocycles. The lowest BCUT2D eigenvalue weighted by Gasteiger charge is -2.33. The van der Waals surface area contributed by atoms with Crippen molar-refractivity contribution in [3.63, 3.8) is 0 Å². The summed E-state index contributed by atoms with van der Waals surface area (Å²) in [6.07, 6.45) is 6.60. The lowest BCUT2D eigenvalue weighted by atomic mass is 9.83. The highest BCUT2D eigenvalue weighted by molar-refractivity contribution is 6.23. The third-order valence-electron chi connectivity index (χ3n) is 13.8. The number of alkyl halides is 2. The van der Waals surface area contributed by atoms with Gasteiger partial charge >= 0.3 is 0 Å². The fourth-order valence-corrected chi connectivity index (χ4v) is 10.6. The van der Waals surface area contributed by atoms with Crippen molar-refractivity contribution >= 4 is 46.9 Å². The van der Waals surface area contributed by atoms with Gasteiger partial charge in [-0.3, -0.25) is 48.3 Å². The molecule has 6 aliphatic rings. The molecule has 2 fully saturated rings. The predicted molar refractivity (Wildman–Crippen MR) is 219 cm³/mol. The topological polar surface area (TPSA) is 163 Å². The molecule has 2 aromatic heterocycles. The van der Waals surface area contributed by atoms with Gasteiger partial charge in [0.25, 0.3) is 18.2 Å². The summed E-state index contributed by atoms with van der Waals surface area (Å²) in [5.74, 6) is -1.36. The molecule has 6 amide bonds. The van der Waals surface area contributed by atoms with Crippen LogP contribution in [0.1, 0.15) is 125 Å². The fraction of sp³-hybridized carbons (Fsp3) is 0.467. The van der Waals surface area contributed by atoms with Crippen molar-refractivity contribution in [3.05, 3.63) is 81.3 Å². The van der Waals surface area contributed by atoms with Crippen LogP contribution >= 0.6 is 0 Å². The Bertz CT molecular complexity index is 2550. The van der Waals surface area contributed by atoms with Crippen LogP contribution < -0.4 is 10.2 Å². The van der Waals surface area contributed by atoms with Crippen LogP contribution in [0.5, 0.6) is 0 Å². The summed E-state index contributed by atoms with van der Waals surface area (Å²) in [6, 6.07) is 5.87. The zero-order valence-electron chi connectivity index (χ0n) is 34.7. The number of rotatable bonds is 7. The molecule has 2 aromatic carbocycles. The highest BCUT2D eigenvalue weighted by atomic mass is 19.3. The van der Waals surface area contributed by atoms with Crippen molar-refractivity contribution in [2.75, 3.05) is 18.0 Å². The molecule has 17 heteroatoms. The summed E-state index contributed by atoms with van der Waals surface area (Å²) in [4.78, 5) is 84.0. The van der Waals surface area contributed by atoms with Crippen LogP contribution in [-0.4, -0.2) is 88.8 Å². The van der Waals surface area contributed by atoms with E-state index in [0.29, 0.717) is 62.5 Å². The molecule has 5 aliphatic heterocycles. The number of hydrogen-bond acceptors (Lipinski definition) is 9. The minimum absolute atomic E-state index is 0.00864. The van der Waals surface area contributed by atoms with Crippen molar-refractivity contribution in [1.29, 1.82) is 0 Å². The smallest absolute Gasteiger partial charge is 0.264 e. The second-order valence-electron chi connectivity index (χ2n) is 17.7. The molecule has 1 N–H and O–H groups in total. The van der Waals surface area contributed by atoms with Crippen LogP contribution in [0.25, 0.3) is 11.1 Å². The number of carbonyl (C=O) groups is 6. The molecule has 1 unspecified atom stereocenters. The summed E-state index contributed by atoms with van der Waals surface area (Å²) >= 11 is 0. The third-order valence-corrected chi connectivity index (χ3v) is 13.8. The van der Waals surface area contributed by atoms with E-state index in [0.717, 1.165) is 77.1 Å². The number of halogens is 2. The Morgan fingerprint density at radius 1 is 0.839 bits per heavy atom. The number of amides is 6. The summed E-state index contributed by atoms with van der Waals surface area (Å²) < 4.78 is 33.2. The molecule has 10 rings (SSSR count). The van der Waals surface area contributed by atoms with Crippen molar-refractivity contribution in [2.45, 2.75) is 109 Å². The van der Waals surface area contributed by atoms with Crippen molar-refractivity contribution in [2.24, 2.45) is 13.0 Å². The monoisotopic (exact) mass is 847 g/mol. The Morgan fingerprint density at radius 2 is 1.55 bits per heavy atom. The standard InChI is InChI=1S/C45H47F2N9O6/c1-24(57)52-13-11-36-35(23-52)42(54-12-3-4-26-15-31(29-19-48-51(2)20-29)32(41(46)47)18-38(26)54)50-56(36)30-7-5-25(6-8-30)14-40(59)53-21-27-16-33-34(17-28(27)22-53)45(62)55(44(33)61)37-9-10-39(58)49-43(37)60/h15-20,25,30,37,41H,3-14,21-23H2,1-2H3,(H,49,58,60). The van der Waals surface area contributed by atoms with Crippen LogP contribution in [0.15, 0.2) is 36.7 Å². The number of hydrogen-bond donors (Lipinski definition) is 1. The number of nitrogens with zero attached hydrogens (tertiary/aromatic N) is 8. The number of anilines is 2. The molecule has 1 aliphatic carbocycles. The van der Waals surface area contributed by atoms with E-state index < -0.39 is 36.1 Å². The summed E-state index contributed by atoms with van der Waals surface area (Å²) in [6.45, 7) is 3.78. The Morgan fingerprint density at radius 3 is 2.19 bits per heavy atom. The number of piperidine rings is 1. The molecule has 1 atom stereocenters. The lowest BCUT2D eigenvalue weighted by Crippen LogP contribution is -2.54. The zero-order valence-corrected chi connectivity index (χ0v) is 34.7. The molecular formula is C45H47F2N9O6. The first kappa shape index (κ1) is 39.9. The van der Waals surface area contributed by atoms with Gasteiger partial charge in [0.2, 0.25) is 23.6 Å². The van der Waals surface area contributed by atoms with Crippen molar-refractivity contribution < 1.29 is 37.5 Å². The molecule has 4 aromatic rings. The minimum Gasteiger partial charge on any atom is -0.338 e. The lowest BCUT2D eigenvalue weighted by molar-refractivity contribution is -0.136. The van der Waals surface area contributed by atoms with E-state index in [2.05, 4.69) is 20.0 Å². The molecule has 62 heavy (non-hydrogen) atoms. The maximum Gasteiger partial charge on any atom is 0.264 e. The highest BCUT2D eigenvalue weighted by Gasteiger charge is 2.46. The van der Waals surface area contributed by atoms with Gasteiger partial charge in [-0.15, -0.1) is 0 Å². The summed E-state index contributed by atoms with van der Waals surface area (Å²) in [7, 11) is 1.76. The van der Waals surface area contributed by atoms with Gasteiger partial charge in [0.15, 0.2) is 5.82 Å². The zero-order chi connectivity index (χ0) is 43.1. The first-order chi connectivity index (χ1) is 29.8. The maximum atomic E-state index is 14.7. The van der Waals surface area contributed by atoms with Gasteiger partial charge in [0.1, 0.15) is 6.04 Å². The van der Waals surface area contributed by atoms with E-state index in [4.69, 9.17) is 5.10 Å². The molecule has 1 saturated carbocycles. The Kier molecular flexibility index (Phi) is 9.82. The molecule has 0 bridgehead atoms. The third kappa shape index (κ3) is 6.76. The number of imide groups is 2. The molecule has 322 valence electrons. The van der Waals surface area contributed by atoms with Crippen LogP contribution in [0.3, 0.4) is 0 Å². The van der Waals surface area contributed by atoms with Crippen LogP contribution in [0.4, 0.5) is 20.3 Å². The predicted octanol–water partition coefficient (Wildman–Crippen LogP) is 5.28. The van der Waals surface area contributed by atoms with E-state index in [1.165, 1.54) is 0 Å². The van der Waals surface area contributed by atoms with Crippen molar-refractivity contribution in [1.82, 2.24) is 39.6 Å². The normalized spacial score (nSPS) is 22.2. The van der Waals surface area contributed by atoms with Crippen molar-refractivity contribution in [3.8, 4) is 11.1 Å². The maximum absolute atomic E-state index is 14.7. The van der Waals surface area contributed by atoms with Crippen LogP contribution in [0, 0.1) is 5.92 Å². The largest absolute Gasteiger partial charge is 0.338 e. The number of carbonyl (C=O) groups excluding carboxylic acids is 6. The number of nitrogens with one attached hydrogen (secondary N) is 1. The average Bonchev–Trinajstić information content (AvgIpc) is 4.03. The fourth-order valence-electron chi connectivity index (χ4n) is 10.6. The number of aryl methyl sites for hydroxylation is 2. The highest BCUT2D eigenvalue weighted by Crippen LogP contribution is 2.45. The molecule has 0 spiro atoms. The van der Waals surface area contributed by atoms with E-state index in [1.807, 2.05) is 11.0 Å². The summed E-state index contributed by atoms with van der Waals surface area (Å²) in [5, 5.41) is 11.7. The van der Waals surface area contributed by atoms with Gasteiger partial charge in [-0.05, 0) is 97.4 Å². The first-order valence-electron chi connectivity index (χ1n) is 21.5. The van der Waals surface area contributed by atoms with Gasteiger partial charge in [0, 0.05) is 93.7 Å². The molecular weight excluding hydrogens is 801 g/mol. The van der Waals surface area contributed by atoms with E-state index in [-0.39, 0.29) is 53.3 Å². The molecule has 0 radical (unpaired) electrons. The average molecular weight is 848 g/mol. The van der Waals surface area contributed by atoms with Gasteiger partial charge in [-0.25, -0.2) is 8.78 Å². The quantitative estimate of drug-likeness (QED) is 0.244. The van der Waals surface area contributed by atoms with Gasteiger partial charge < -0.3 is 14.7 Å². The van der Waals surface area contributed by atoms with Gasteiger partial charge in [0.05, 0.1) is 29.9 Å². The molecule has 7 heterocycles. The minimum atomic E-state index is -2.70. The van der Waals surface area contributed by atoms with E-state index in [9.17, 15) is 37.5 Å². The number of aromatic nitrogens is 4. The van der Waals surface area contributed by atoms with E-state index >= 15 is 0 Å². The van der Waals surface area contributed by atoms with Gasteiger partial charge in [-0.1, -0.05) is 0 Å². The first-order valence-corrected chi connectivity index (χ1v) is 21.5. The number of benzene rings is 2. The van der Waals surface area contributed by atoms with Crippen LogP contribution in [-0.2, 0) is 58.7 Å². The molecule has 15 nitrogen and oxygen atoms in total. The summed E-state index contributed by atoms with van der Waals surface area (Å²) in [5.41, 5.74) is 6.79. The second-order valence-corrected chi connectivity index (χ2v) is 17.7. The number of fused-ring (bicyclic) bond motifs is 4. The SMILES string of the molecule is CC(=O)N1CCc2c(c(N3CCCc4cc(-c5cnn(C)c5)c(C(F)F)cc43)nn2C2CCC(CC(=O)N3Cc4cc5c(cc4C3)C(=O)N(C3CCC(=O)NC3=O)C5=O)CC2)C1. The Balaban J connectivity index is 0.836. The Hall–Kier alpha value is -6.26. The van der Waals surface area contributed by atoms with E-state index in [1.54, 1.807) is 54.1 Å². The Labute approximate surface area is 356 Å².